The van der Waals surface area contributed by atoms with Crippen molar-refractivity contribution in [1.82, 2.24) is 0 Å². The zero-order valence-electron chi connectivity index (χ0n) is 17.4. The number of aryl methyl sites for hydroxylation is 1. The van der Waals surface area contributed by atoms with Crippen molar-refractivity contribution in [3.63, 3.8) is 0 Å². The quantitative estimate of drug-likeness (QED) is 0.395. The minimum atomic E-state index is -0.898. The molecule has 0 spiro atoms. The Morgan fingerprint density at radius 2 is 1.73 bits per heavy atom. The maximum absolute atomic E-state index is 12.7. The first kappa shape index (κ1) is 22.8. The summed E-state index contributed by atoms with van der Waals surface area (Å²) < 4.78 is 7.39. The molecule has 0 saturated heterocycles. The molecule has 7 heteroatoms. The van der Waals surface area contributed by atoms with Gasteiger partial charge < -0.3 is 15.2 Å². The first-order chi connectivity index (χ1) is 14.0. The summed E-state index contributed by atoms with van der Waals surface area (Å²) >= 11 is 7.03. The molecule has 0 heterocycles. The van der Waals surface area contributed by atoms with Gasteiger partial charge in [0, 0.05) is 11.3 Å². The van der Waals surface area contributed by atoms with Crippen molar-refractivity contribution in [1.29, 1.82) is 0 Å². The third-order valence-corrected chi connectivity index (χ3v) is 6.90. The minimum absolute atomic E-state index is 0.0898. The lowest BCUT2D eigenvalue weighted by atomic mass is 9.65. The van der Waals surface area contributed by atoms with E-state index < -0.39 is 5.41 Å². The predicted molar refractivity (Wildman–Crippen MR) is 124 cm³/mol. The first-order valence-corrected chi connectivity index (χ1v) is 11.5. The average molecular weight is 539 g/mol. The van der Waals surface area contributed by atoms with Crippen LogP contribution < -0.4 is 10.1 Å². The summed E-state index contributed by atoms with van der Waals surface area (Å²) in [6.07, 6.45) is 2.07. The fourth-order valence-electron chi connectivity index (χ4n) is 3.64. The van der Waals surface area contributed by atoms with E-state index in [1.807, 2.05) is 26.8 Å². The van der Waals surface area contributed by atoms with E-state index in [1.165, 1.54) is 6.92 Å². The van der Waals surface area contributed by atoms with Crippen LogP contribution in [-0.4, -0.2) is 16.8 Å². The number of carbonyl (C=O) groups is 2. The summed E-state index contributed by atoms with van der Waals surface area (Å²) in [6.45, 7) is 7.34. The second kappa shape index (κ2) is 8.71. The highest BCUT2D eigenvalue weighted by Gasteiger charge is 2.48. The summed E-state index contributed by atoms with van der Waals surface area (Å²) in [6, 6.07) is 7.11. The van der Waals surface area contributed by atoms with Crippen LogP contribution in [0.3, 0.4) is 0 Å². The largest absolute Gasteiger partial charge is 0.507 e. The summed E-state index contributed by atoms with van der Waals surface area (Å²) in [5, 5.41) is 13.2. The second-order valence-corrected chi connectivity index (χ2v) is 9.86. The number of hydrogen-bond donors (Lipinski definition) is 2. The van der Waals surface area contributed by atoms with Gasteiger partial charge in [-0.05, 0) is 94.3 Å². The number of anilines is 1. The number of ether oxygens (including phenoxy) is 1. The van der Waals surface area contributed by atoms with E-state index in [4.69, 9.17) is 4.74 Å². The van der Waals surface area contributed by atoms with Crippen LogP contribution in [0.15, 0.2) is 33.2 Å². The zero-order chi connectivity index (χ0) is 22.2. The molecule has 2 N–H and O–H groups in total. The Balaban J connectivity index is 1.86. The molecule has 160 valence electrons. The number of halogens is 2. The number of amides is 1. The van der Waals surface area contributed by atoms with Crippen LogP contribution >= 0.6 is 31.9 Å². The number of Topliss-reactive ketones (excluding diaryl/α,β-unsaturated/α-hetero) is 1. The molecule has 0 atom stereocenters. The van der Waals surface area contributed by atoms with Gasteiger partial charge in [0.25, 0.3) is 0 Å². The molecule has 30 heavy (non-hydrogen) atoms. The summed E-state index contributed by atoms with van der Waals surface area (Å²) in [7, 11) is 0. The number of ketones is 1. The highest BCUT2D eigenvalue weighted by molar-refractivity contribution is 9.11. The number of rotatable bonds is 6. The van der Waals surface area contributed by atoms with Gasteiger partial charge in [0.2, 0.25) is 5.91 Å². The van der Waals surface area contributed by atoms with Crippen molar-refractivity contribution in [2.24, 2.45) is 5.41 Å². The molecule has 1 amide bonds. The smallest absolute Gasteiger partial charge is 0.238 e. The van der Waals surface area contributed by atoms with Crippen molar-refractivity contribution >= 4 is 49.2 Å². The molecule has 1 aliphatic carbocycles. The fourth-order valence-corrected chi connectivity index (χ4v) is 4.99. The molecule has 3 rings (SSSR count). The number of phenolic OH excluding ortho intramolecular Hbond substituents is 1. The topological polar surface area (TPSA) is 75.6 Å². The minimum Gasteiger partial charge on any atom is -0.507 e. The van der Waals surface area contributed by atoms with Crippen molar-refractivity contribution in [2.45, 2.75) is 52.9 Å². The Morgan fingerprint density at radius 1 is 1.13 bits per heavy atom. The number of aromatic hydroxyl groups is 1. The van der Waals surface area contributed by atoms with Crippen molar-refractivity contribution < 1.29 is 19.4 Å². The van der Waals surface area contributed by atoms with Crippen LogP contribution in [0.1, 0.15) is 57.1 Å². The van der Waals surface area contributed by atoms with Crippen LogP contribution in [-0.2, 0) is 9.59 Å². The van der Waals surface area contributed by atoms with Gasteiger partial charge in [0.1, 0.15) is 22.7 Å². The van der Waals surface area contributed by atoms with Crippen molar-refractivity contribution in [2.75, 3.05) is 5.32 Å². The van der Waals surface area contributed by atoms with E-state index >= 15 is 0 Å². The SMILES string of the molecule is CC(=O)C1(C(=O)Nc2cc(Br)c(Oc3cc(C)c(O)c(C(C)C)c3)c(Br)c2)CCC1. The average Bonchev–Trinajstić information content (AvgIpc) is 2.59. The number of carbonyl (C=O) groups excluding carboxylic acids is 2. The van der Waals surface area contributed by atoms with Gasteiger partial charge in [-0.15, -0.1) is 0 Å². The monoisotopic (exact) mass is 537 g/mol. The first-order valence-electron chi connectivity index (χ1n) is 9.88. The lowest BCUT2D eigenvalue weighted by molar-refractivity contribution is -0.143. The number of nitrogens with one attached hydrogen (secondary N) is 1. The Hall–Kier alpha value is -1.86. The Bertz CT molecular complexity index is 989. The number of phenols is 1. The van der Waals surface area contributed by atoms with Crippen molar-refractivity contribution in [3.05, 3.63) is 44.3 Å². The molecule has 2 aromatic carbocycles. The summed E-state index contributed by atoms with van der Waals surface area (Å²) in [5.74, 6) is 1.24. The Kier molecular flexibility index (Phi) is 6.63. The third-order valence-electron chi connectivity index (χ3n) is 5.72. The van der Waals surface area contributed by atoms with Crippen LogP contribution in [0.25, 0.3) is 0 Å². The molecular formula is C23H25Br2NO4. The van der Waals surface area contributed by atoms with Gasteiger partial charge in [0.05, 0.1) is 8.95 Å². The van der Waals surface area contributed by atoms with Crippen LogP contribution in [0.4, 0.5) is 5.69 Å². The maximum atomic E-state index is 12.7. The Morgan fingerprint density at radius 3 is 2.20 bits per heavy atom. The standard InChI is InChI=1S/C23H25Br2NO4/c1-12(2)17-11-16(8-13(3)20(17)28)30-21-18(24)9-15(10-19(21)25)26-22(29)23(14(4)27)6-5-7-23/h8-12,28H,5-7H2,1-4H3,(H,26,29). The lowest BCUT2D eigenvalue weighted by Gasteiger charge is -2.37. The van der Waals surface area contributed by atoms with Crippen LogP contribution in [0.2, 0.25) is 0 Å². The van der Waals surface area contributed by atoms with E-state index in [0.717, 1.165) is 17.5 Å². The van der Waals surface area contributed by atoms with E-state index in [1.54, 1.807) is 18.2 Å². The van der Waals surface area contributed by atoms with Gasteiger partial charge in [-0.25, -0.2) is 0 Å². The Labute approximate surface area is 193 Å². The highest BCUT2D eigenvalue weighted by atomic mass is 79.9. The van der Waals surface area contributed by atoms with Gasteiger partial charge in [0.15, 0.2) is 5.75 Å². The molecule has 1 aliphatic rings. The fraction of sp³-hybridized carbons (Fsp3) is 0.391. The van der Waals surface area contributed by atoms with Gasteiger partial charge >= 0.3 is 0 Å². The molecule has 0 radical (unpaired) electrons. The highest BCUT2D eigenvalue weighted by Crippen LogP contribution is 2.44. The van der Waals surface area contributed by atoms with E-state index in [2.05, 4.69) is 37.2 Å². The molecule has 1 fully saturated rings. The summed E-state index contributed by atoms with van der Waals surface area (Å²) in [5.41, 5.74) is 1.23. The van der Waals surface area contributed by atoms with E-state index in [9.17, 15) is 14.7 Å². The maximum Gasteiger partial charge on any atom is 0.238 e. The molecule has 0 aliphatic heterocycles. The van der Waals surface area contributed by atoms with Gasteiger partial charge in [-0.1, -0.05) is 20.3 Å². The molecular weight excluding hydrogens is 514 g/mol. The van der Waals surface area contributed by atoms with Gasteiger partial charge in [-0.3, -0.25) is 9.59 Å². The van der Waals surface area contributed by atoms with Crippen LogP contribution in [0, 0.1) is 12.3 Å². The molecule has 0 bridgehead atoms. The van der Waals surface area contributed by atoms with Crippen molar-refractivity contribution in [3.8, 4) is 17.2 Å². The van der Waals surface area contributed by atoms with E-state index in [-0.39, 0.29) is 23.4 Å². The second-order valence-electron chi connectivity index (χ2n) is 8.15. The molecule has 0 unspecified atom stereocenters. The zero-order valence-corrected chi connectivity index (χ0v) is 20.6. The molecule has 5 nitrogen and oxygen atoms in total. The lowest BCUT2D eigenvalue weighted by Crippen LogP contribution is -2.47. The van der Waals surface area contributed by atoms with Gasteiger partial charge in [-0.2, -0.15) is 0 Å². The summed E-state index contributed by atoms with van der Waals surface area (Å²) in [4.78, 5) is 24.7. The number of benzene rings is 2. The van der Waals surface area contributed by atoms with Crippen LogP contribution in [0.5, 0.6) is 17.2 Å². The molecule has 2 aromatic rings. The molecule has 1 saturated carbocycles. The predicted octanol–water partition coefficient (Wildman–Crippen LogP) is 6.84. The molecule has 0 aromatic heterocycles. The number of hydrogen-bond acceptors (Lipinski definition) is 4. The normalized spacial score (nSPS) is 14.9. The third kappa shape index (κ3) is 4.28. The van der Waals surface area contributed by atoms with E-state index in [0.29, 0.717) is 39.0 Å².